The van der Waals surface area contributed by atoms with Crippen molar-refractivity contribution in [2.45, 2.75) is 6.61 Å². The minimum atomic E-state index is -1.16. The quantitative estimate of drug-likeness (QED) is 0.877. The number of carboxylic acids is 1. The van der Waals surface area contributed by atoms with Crippen LogP contribution in [0.25, 0.3) is 0 Å². The molecule has 1 N–H and O–H groups in total. The van der Waals surface area contributed by atoms with Crippen LogP contribution in [0.4, 0.5) is 0 Å². The van der Waals surface area contributed by atoms with E-state index in [4.69, 9.17) is 21.4 Å². The zero-order valence-electron chi connectivity index (χ0n) is 10.4. The van der Waals surface area contributed by atoms with Gasteiger partial charge >= 0.3 is 11.9 Å². The predicted octanol–water partition coefficient (Wildman–Crippen LogP) is 3.40. The van der Waals surface area contributed by atoms with Gasteiger partial charge in [-0.2, -0.15) is 0 Å². The number of carboxylic acid groups (broad SMARTS) is 1. The van der Waals surface area contributed by atoms with E-state index in [1.807, 2.05) is 0 Å². The van der Waals surface area contributed by atoms with Gasteiger partial charge in [0, 0.05) is 5.02 Å². The van der Waals surface area contributed by atoms with E-state index >= 15 is 0 Å². The summed E-state index contributed by atoms with van der Waals surface area (Å²) in [5.41, 5.74) is 0.734. The highest BCUT2D eigenvalue weighted by molar-refractivity contribution is 6.30. The van der Waals surface area contributed by atoms with Crippen molar-refractivity contribution in [3.63, 3.8) is 0 Å². The van der Waals surface area contributed by atoms with Gasteiger partial charge in [0.15, 0.2) is 0 Å². The molecule has 2 aromatic carbocycles. The second-order valence-electron chi connectivity index (χ2n) is 4.05. The molecule has 4 nitrogen and oxygen atoms in total. The lowest BCUT2D eigenvalue weighted by Gasteiger charge is -2.07. The Labute approximate surface area is 120 Å². The van der Waals surface area contributed by atoms with Crippen LogP contribution in [0, 0.1) is 0 Å². The van der Waals surface area contributed by atoms with Crippen molar-refractivity contribution < 1.29 is 19.4 Å². The van der Waals surface area contributed by atoms with Gasteiger partial charge in [-0.1, -0.05) is 35.9 Å². The molecule has 102 valence electrons. The van der Waals surface area contributed by atoms with Crippen LogP contribution in [0.3, 0.4) is 0 Å². The number of hydrogen-bond donors (Lipinski definition) is 1. The molecule has 20 heavy (non-hydrogen) atoms. The first-order valence-corrected chi connectivity index (χ1v) is 6.19. The first-order chi connectivity index (χ1) is 9.58. The fourth-order valence-corrected chi connectivity index (χ4v) is 1.78. The molecule has 0 amide bonds. The second-order valence-corrected chi connectivity index (χ2v) is 4.49. The predicted molar refractivity (Wildman–Crippen MR) is 74.0 cm³/mol. The Kier molecular flexibility index (Phi) is 4.38. The Morgan fingerprint density at radius 1 is 1.00 bits per heavy atom. The molecular weight excluding hydrogens is 280 g/mol. The number of benzene rings is 2. The summed E-state index contributed by atoms with van der Waals surface area (Å²) < 4.78 is 5.10. The molecule has 5 heteroatoms. The van der Waals surface area contributed by atoms with Gasteiger partial charge in [-0.15, -0.1) is 0 Å². The Balaban J connectivity index is 2.09. The summed E-state index contributed by atoms with van der Waals surface area (Å²) >= 11 is 5.75. The van der Waals surface area contributed by atoms with Gasteiger partial charge in [-0.05, 0) is 29.8 Å². The fraction of sp³-hybridized carbons (Fsp3) is 0.0667. The number of ether oxygens (including phenoxy) is 1. The second kappa shape index (κ2) is 6.21. The van der Waals surface area contributed by atoms with Crippen LogP contribution >= 0.6 is 11.6 Å². The SMILES string of the molecule is O=C(O)c1ccccc1C(=O)OCc1ccc(Cl)cc1. The molecule has 0 saturated carbocycles. The molecule has 0 spiro atoms. The minimum Gasteiger partial charge on any atom is -0.478 e. The summed E-state index contributed by atoms with van der Waals surface area (Å²) in [4.78, 5) is 22.9. The molecule has 0 fully saturated rings. The van der Waals surface area contributed by atoms with Gasteiger partial charge in [0.1, 0.15) is 6.61 Å². The summed E-state index contributed by atoms with van der Waals surface area (Å²) in [7, 11) is 0. The van der Waals surface area contributed by atoms with Crippen molar-refractivity contribution in [1.82, 2.24) is 0 Å². The van der Waals surface area contributed by atoms with Crippen molar-refractivity contribution in [2.24, 2.45) is 0 Å². The lowest BCUT2D eigenvalue weighted by Crippen LogP contribution is -2.11. The van der Waals surface area contributed by atoms with Crippen LogP contribution in [-0.4, -0.2) is 17.0 Å². The van der Waals surface area contributed by atoms with E-state index in [1.165, 1.54) is 12.1 Å². The molecule has 0 aromatic heterocycles. The first-order valence-electron chi connectivity index (χ1n) is 5.82. The smallest absolute Gasteiger partial charge is 0.339 e. The van der Waals surface area contributed by atoms with Crippen molar-refractivity contribution in [2.75, 3.05) is 0 Å². The molecule has 0 heterocycles. The number of rotatable bonds is 4. The zero-order valence-corrected chi connectivity index (χ0v) is 11.1. The number of carbonyl (C=O) groups excluding carboxylic acids is 1. The van der Waals surface area contributed by atoms with E-state index in [-0.39, 0.29) is 17.7 Å². The number of hydrogen-bond acceptors (Lipinski definition) is 3. The molecule has 0 aliphatic heterocycles. The maximum Gasteiger partial charge on any atom is 0.339 e. The third kappa shape index (κ3) is 3.36. The van der Waals surface area contributed by atoms with Crippen LogP contribution in [0.15, 0.2) is 48.5 Å². The standard InChI is InChI=1S/C15H11ClO4/c16-11-7-5-10(6-8-11)9-20-15(19)13-4-2-1-3-12(13)14(17)18/h1-8H,9H2,(H,17,18). The fourth-order valence-electron chi connectivity index (χ4n) is 1.65. The maximum atomic E-state index is 11.9. The van der Waals surface area contributed by atoms with Gasteiger partial charge in [0.25, 0.3) is 0 Å². The molecule has 2 aromatic rings. The van der Waals surface area contributed by atoms with Crippen molar-refractivity contribution in [3.8, 4) is 0 Å². The molecular formula is C15H11ClO4. The normalized spacial score (nSPS) is 10.1. The third-order valence-electron chi connectivity index (χ3n) is 2.66. The van der Waals surface area contributed by atoms with Gasteiger partial charge in [0.05, 0.1) is 11.1 Å². The van der Waals surface area contributed by atoms with Gasteiger partial charge < -0.3 is 9.84 Å². The lowest BCUT2D eigenvalue weighted by molar-refractivity contribution is 0.0463. The zero-order chi connectivity index (χ0) is 14.5. The van der Waals surface area contributed by atoms with Crippen LogP contribution in [0.2, 0.25) is 5.02 Å². The average molecular weight is 291 g/mol. The molecule has 0 radical (unpaired) electrons. The largest absolute Gasteiger partial charge is 0.478 e. The minimum absolute atomic E-state index is 0.0361. The maximum absolute atomic E-state index is 11.9. The number of esters is 1. The molecule has 0 saturated heterocycles. The van der Waals surface area contributed by atoms with E-state index in [9.17, 15) is 9.59 Å². The van der Waals surface area contributed by atoms with Gasteiger partial charge in [-0.25, -0.2) is 9.59 Å². The van der Waals surface area contributed by atoms with Crippen molar-refractivity contribution in [1.29, 1.82) is 0 Å². The van der Waals surface area contributed by atoms with Crippen LogP contribution in [0.1, 0.15) is 26.3 Å². The Hall–Kier alpha value is -2.33. The average Bonchev–Trinajstić information content (AvgIpc) is 2.46. The summed E-state index contributed by atoms with van der Waals surface area (Å²) in [5, 5.41) is 9.60. The molecule has 0 unspecified atom stereocenters. The number of carbonyl (C=O) groups is 2. The van der Waals surface area contributed by atoms with Gasteiger partial charge in [0.2, 0.25) is 0 Å². The van der Waals surface area contributed by atoms with Crippen molar-refractivity contribution >= 4 is 23.5 Å². The highest BCUT2D eigenvalue weighted by Gasteiger charge is 2.16. The molecule has 0 aliphatic carbocycles. The van der Waals surface area contributed by atoms with E-state index < -0.39 is 11.9 Å². The van der Waals surface area contributed by atoms with E-state index in [0.717, 1.165) is 5.56 Å². The Morgan fingerprint density at radius 2 is 1.60 bits per heavy atom. The number of halogens is 1. The highest BCUT2D eigenvalue weighted by Crippen LogP contribution is 2.13. The summed E-state index contributed by atoms with van der Waals surface area (Å²) in [6, 6.07) is 12.8. The van der Waals surface area contributed by atoms with Crippen molar-refractivity contribution in [3.05, 3.63) is 70.2 Å². The highest BCUT2D eigenvalue weighted by atomic mass is 35.5. The topological polar surface area (TPSA) is 63.6 Å². The van der Waals surface area contributed by atoms with E-state index in [0.29, 0.717) is 5.02 Å². The Morgan fingerprint density at radius 3 is 2.20 bits per heavy atom. The summed E-state index contributed by atoms with van der Waals surface area (Å²) in [6.45, 7) is 0.0595. The monoisotopic (exact) mass is 290 g/mol. The van der Waals surface area contributed by atoms with Crippen LogP contribution in [0.5, 0.6) is 0 Å². The van der Waals surface area contributed by atoms with Gasteiger partial charge in [-0.3, -0.25) is 0 Å². The molecule has 0 aliphatic rings. The molecule has 0 bridgehead atoms. The molecule has 2 rings (SSSR count). The Bertz CT molecular complexity index is 635. The lowest BCUT2D eigenvalue weighted by atomic mass is 10.1. The van der Waals surface area contributed by atoms with Crippen LogP contribution in [-0.2, 0) is 11.3 Å². The summed E-state index contributed by atoms with van der Waals surface area (Å²) in [6.07, 6.45) is 0. The van der Waals surface area contributed by atoms with E-state index in [1.54, 1.807) is 36.4 Å². The molecule has 0 atom stereocenters. The van der Waals surface area contributed by atoms with Crippen LogP contribution < -0.4 is 0 Å². The van der Waals surface area contributed by atoms with E-state index in [2.05, 4.69) is 0 Å². The number of aromatic carboxylic acids is 1. The third-order valence-corrected chi connectivity index (χ3v) is 2.91. The first kappa shape index (κ1) is 14.1. The summed E-state index contributed by atoms with van der Waals surface area (Å²) in [5.74, 6) is -1.83.